The zero-order valence-electron chi connectivity index (χ0n) is 16.1. The molecule has 0 radical (unpaired) electrons. The highest BCUT2D eigenvalue weighted by Crippen LogP contribution is 2.63. The number of fused-ring (bicyclic) bond motifs is 1. The first-order valence-electron chi connectivity index (χ1n) is 9.61. The van der Waals surface area contributed by atoms with Gasteiger partial charge in [-0.05, 0) is 36.1 Å². The van der Waals surface area contributed by atoms with E-state index in [1.54, 1.807) is 11.8 Å². The van der Waals surface area contributed by atoms with Gasteiger partial charge in [-0.3, -0.25) is 9.69 Å². The zero-order valence-corrected chi connectivity index (χ0v) is 16.9. The largest absolute Gasteiger partial charge is 0.455 e. The predicted molar refractivity (Wildman–Crippen MR) is 103 cm³/mol. The first-order chi connectivity index (χ1) is 12.4. The minimum atomic E-state index is 0.0592. The Morgan fingerprint density at radius 1 is 1.31 bits per heavy atom. The van der Waals surface area contributed by atoms with E-state index in [1.807, 2.05) is 23.3 Å². The van der Waals surface area contributed by atoms with E-state index >= 15 is 0 Å². The van der Waals surface area contributed by atoms with Crippen molar-refractivity contribution in [2.24, 2.45) is 16.7 Å². The van der Waals surface area contributed by atoms with Crippen LogP contribution >= 0.6 is 11.8 Å². The molecule has 1 aliphatic carbocycles. The molecule has 5 nitrogen and oxygen atoms in total. The van der Waals surface area contributed by atoms with Crippen LogP contribution in [0, 0.1) is 16.7 Å². The number of nitrogens with zero attached hydrogens (tertiary/aromatic N) is 2. The van der Waals surface area contributed by atoms with E-state index in [-0.39, 0.29) is 11.3 Å². The van der Waals surface area contributed by atoms with Gasteiger partial charge in [0.05, 0.1) is 19.0 Å². The molecule has 144 valence electrons. The van der Waals surface area contributed by atoms with Gasteiger partial charge >= 0.3 is 0 Å². The molecule has 2 atom stereocenters. The normalized spacial score (nSPS) is 30.9. The second-order valence-corrected chi connectivity index (χ2v) is 9.72. The molecular weight excluding hydrogens is 348 g/mol. The first kappa shape index (κ1) is 18.4. The predicted octanol–water partition coefficient (Wildman–Crippen LogP) is 2.96. The summed E-state index contributed by atoms with van der Waals surface area (Å²) >= 11 is 1.71. The number of thioether (sulfide) groups is 1. The van der Waals surface area contributed by atoms with Crippen LogP contribution in [0.15, 0.2) is 16.5 Å². The van der Waals surface area contributed by atoms with Gasteiger partial charge < -0.3 is 14.1 Å². The second kappa shape index (κ2) is 6.88. The SMILES string of the molecule is CSCc1ccc(C(=O)N2C[C@@H]3C(C)(C)C[C@]3(CN3CCOCC3)C2)o1. The summed E-state index contributed by atoms with van der Waals surface area (Å²) in [6.07, 6.45) is 3.24. The summed E-state index contributed by atoms with van der Waals surface area (Å²) in [7, 11) is 0. The van der Waals surface area contributed by atoms with Crippen molar-refractivity contribution in [1.82, 2.24) is 9.80 Å². The quantitative estimate of drug-likeness (QED) is 0.788. The molecule has 1 aromatic rings. The Labute approximate surface area is 160 Å². The van der Waals surface area contributed by atoms with Gasteiger partial charge in [0.2, 0.25) is 0 Å². The molecular formula is C20H30N2O3S. The zero-order chi connectivity index (χ0) is 18.4. The summed E-state index contributed by atoms with van der Waals surface area (Å²) in [5, 5.41) is 0. The van der Waals surface area contributed by atoms with Crippen molar-refractivity contribution < 1.29 is 13.9 Å². The van der Waals surface area contributed by atoms with E-state index < -0.39 is 0 Å². The number of likely N-dealkylation sites (tertiary alicyclic amines) is 1. The van der Waals surface area contributed by atoms with Gasteiger partial charge in [0.25, 0.3) is 5.91 Å². The van der Waals surface area contributed by atoms with Gasteiger partial charge in [0, 0.05) is 38.1 Å². The van der Waals surface area contributed by atoms with Gasteiger partial charge in [-0.2, -0.15) is 11.8 Å². The maximum Gasteiger partial charge on any atom is 0.289 e. The molecule has 0 aromatic carbocycles. The van der Waals surface area contributed by atoms with Crippen LogP contribution in [0.4, 0.5) is 0 Å². The Morgan fingerprint density at radius 2 is 2.08 bits per heavy atom. The van der Waals surface area contributed by atoms with Gasteiger partial charge in [0.15, 0.2) is 5.76 Å². The third-order valence-corrected chi connectivity index (χ3v) is 7.06. The Morgan fingerprint density at radius 3 is 2.77 bits per heavy atom. The monoisotopic (exact) mass is 378 g/mol. The summed E-state index contributed by atoms with van der Waals surface area (Å²) < 4.78 is 11.3. The number of rotatable bonds is 5. The van der Waals surface area contributed by atoms with Crippen molar-refractivity contribution in [3.8, 4) is 0 Å². The highest BCUT2D eigenvalue weighted by molar-refractivity contribution is 7.97. The van der Waals surface area contributed by atoms with Gasteiger partial charge in [-0.25, -0.2) is 0 Å². The van der Waals surface area contributed by atoms with E-state index in [0.717, 1.165) is 57.5 Å². The molecule has 4 rings (SSSR count). The topological polar surface area (TPSA) is 45.9 Å². The van der Waals surface area contributed by atoms with E-state index in [4.69, 9.17) is 9.15 Å². The number of furan rings is 1. The Bertz CT molecular complexity index is 668. The number of amides is 1. The second-order valence-electron chi connectivity index (χ2n) is 8.85. The minimum Gasteiger partial charge on any atom is -0.455 e. The first-order valence-corrected chi connectivity index (χ1v) is 11.0. The molecule has 1 aromatic heterocycles. The molecule has 0 spiro atoms. The fraction of sp³-hybridized carbons (Fsp3) is 0.750. The molecule has 26 heavy (non-hydrogen) atoms. The van der Waals surface area contributed by atoms with E-state index in [9.17, 15) is 4.79 Å². The van der Waals surface area contributed by atoms with Crippen LogP contribution in [0.3, 0.4) is 0 Å². The van der Waals surface area contributed by atoms with Crippen LogP contribution in [-0.4, -0.2) is 67.9 Å². The van der Waals surface area contributed by atoms with E-state index in [2.05, 4.69) is 18.7 Å². The molecule has 3 heterocycles. The fourth-order valence-electron chi connectivity index (χ4n) is 5.57. The van der Waals surface area contributed by atoms with Crippen molar-refractivity contribution in [3.05, 3.63) is 23.7 Å². The third kappa shape index (κ3) is 3.20. The highest BCUT2D eigenvalue weighted by atomic mass is 32.2. The number of ether oxygens (including phenoxy) is 1. The van der Waals surface area contributed by atoms with Crippen molar-refractivity contribution in [1.29, 1.82) is 0 Å². The van der Waals surface area contributed by atoms with Crippen LogP contribution in [0.2, 0.25) is 0 Å². The van der Waals surface area contributed by atoms with Crippen molar-refractivity contribution >= 4 is 17.7 Å². The summed E-state index contributed by atoms with van der Waals surface area (Å²) in [6.45, 7) is 11.2. The van der Waals surface area contributed by atoms with Crippen LogP contribution in [0.5, 0.6) is 0 Å². The summed E-state index contributed by atoms with van der Waals surface area (Å²) in [6, 6.07) is 3.77. The number of carbonyl (C=O) groups excluding carboxylic acids is 1. The fourth-order valence-corrected chi connectivity index (χ4v) is 6.01. The Balaban J connectivity index is 1.48. The summed E-state index contributed by atoms with van der Waals surface area (Å²) in [4.78, 5) is 17.6. The number of morpholine rings is 1. The number of carbonyl (C=O) groups is 1. The summed E-state index contributed by atoms with van der Waals surface area (Å²) in [5.74, 6) is 2.82. The van der Waals surface area contributed by atoms with Crippen LogP contribution < -0.4 is 0 Å². The lowest BCUT2D eigenvalue weighted by Crippen LogP contribution is -2.59. The summed E-state index contributed by atoms with van der Waals surface area (Å²) in [5.41, 5.74) is 0.555. The van der Waals surface area contributed by atoms with Crippen molar-refractivity contribution in [2.45, 2.75) is 26.0 Å². The van der Waals surface area contributed by atoms with E-state index in [1.165, 1.54) is 6.42 Å². The van der Waals surface area contributed by atoms with Crippen molar-refractivity contribution in [3.63, 3.8) is 0 Å². The molecule has 6 heteroatoms. The molecule has 1 amide bonds. The lowest BCUT2D eigenvalue weighted by atomic mass is 9.48. The van der Waals surface area contributed by atoms with Gasteiger partial charge in [0.1, 0.15) is 5.76 Å². The molecule has 0 N–H and O–H groups in total. The molecule has 0 bridgehead atoms. The highest BCUT2D eigenvalue weighted by Gasteiger charge is 2.63. The smallest absolute Gasteiger partial charge is 0.289 e. The molecule has 1 saturated carbocycles. The number of hydrogen-bond donors (Lipinski definition) is 0. The van der Waals surface area contributed by atoms with E-state index in [0.29, 0.717) is 17.1 Å². The minimum absolute atomic E-state index is 0.0592. The third-order valence-electron chi connectivity index (χ3n) is 6.49. The maximum atomic E-state index is 13.0. The average molecular weight is 379 g/mol. The lowest BCUT2D eigenvalue weighted by molar-refractivity contribution is -0.0966. The average Bonchev–Trinajstić information content (AvgIpc) is 3.19. The standard InChI is InChI=1S/C20H30N2O3S/c1-19(2)12-20(13-21-6-8-24-9-7-21)14-22(10-17(19)20)18(23)16-5-4-15(25-16)11-26-3/h4-5,17H,6-14H2,1-3H3/t17-,20+/m1/s1. The maximum absolute atomic E-state index is 13.0. The molecule has 3 fully saturated rings. The van der Waals surface area contributed by atoms with Crippen LogP contribution in [-0.2, 0) is 10.5 Å². The number of hydrogen-bond acceptors (Lipinski definition) is 5. The molecule has 0 unspecified atom stereocenters. The van der Waals surface area contributed by atoms with Crippen molar-refractivity contribution in [2.75, 3.05) is 52.2 Å². The lowest BCUT2D eigenvalue weighted by Gasteiger charge is -2.58. The van der Waals surface area contributed by atoms with Crippen LogP contribution in [0.25, 0.3) is 0 Å². The van der Waals surface area contributed by atoms with Gasteiger partial charge in [-0.1, -0.05) is 13.8 Å². The van der Waals surface area contributed by atoms with Crippen LogP contribution in [0.1, 0.15) is 36.6 Å². The Hall–Kier alpha value is -0.980. The molecule has 2 aliphatic heterocycles. The molecule has 3 aliphatic rings. The Kier molecular flexibility index (Phi) is 4.86. The van der Waals surface area contributed by atoms with Gasteiger partial charge in [-0.15, -0.1) is 0 Å². The molecule has 2 saturated heterocycles.